The summed E-state index contributed by atoms with van der Waals surface area (Å²) in [6, 6.07) is 0. The topological polar surface area (TPSA) is 29.1 Å². The van der Waals surface area contributed by atoms with Gasteiger partial charge in [-0.25, -0.2) is 0 Å². The number of carbonyl (C=O) groups is 1. The van der Waals surface area contributed by atoms with Crippen molar-refractivity contribution in [3.8, 4) is 0 Å². The summed E-state index contributed by atoms with van der Waals surface area (Å²) in [5, 5.41) is 3.18. The van der Waals surface area contributed by atoms with Gasteiger partial charge >= 0.3 is 0 Å². The van der Waals surface area contributed by atoms with Crippen molar-refractivity contribution >= 4 is 6.29 Å². The van der Waals surface area contributed by atoms with E-state index in [1.54, 1.807) is 0 Å². The Bertz CT molecular complexity index is 175. The van der Waals surface area contributed by atoms with Crippen molar-refractivity contribution in [2.45, 2.75) is 26.2 Å². The molecule has 0 aliphatic rings. The molecule has 13 heavy (non-hydrogen) atoms. The van der Waals surface area contributed by atoms with Crippen molar-refractivity contribution in [2.24, 2.45) is 5.92 Å². The van der Waals surface area contributed by atoms with Gasteiger partial charge in [-0.15, -0.1) is 6.58 Å². The molecule has 2 nitrogen and oxygen atoms in total. The van der Waals surface area contributed by atoms with Gasteiger partial charge in [-0.1, -0.05) is 19.6 Å². The number of hydrogen-bond acceptors (Lipinski definition) is 2. The Labute approximate surface area is 80.7 Å². The predicted octanol–water partition coefficient (Wildman–Crippen LogP) is 2.28. The average Bonchev–Trinajstić information content (AvgIpc) is 2.14. The van der Waals surface area contributed by atoms with Crippen LogP contribution in [0.2, 0.25) is 0 Å². The normalized spacial score (nSPS) is 11.8. The zero-order valence-electron chi connectivity index (χ0n) is 8.38. The van der Waals surface area contributed by atoms with E-state index in [1.165, 1.54) is 0 Å². The minimum atomic E-state index is 0.534. The molecule has 1 atom stereocenters. The lowest BCUT2D eigenvalue weighted by molar-refractivity contribution is -0.107. The van der Waals surface area contributed by atoms with Gasteiger partial charge in [0.05, 0.1) is 0 Å². The Hall–Kier alpha value is -1.05. The number of nitrogens with one attached hydrogen (secondary N) is 1. The number of rotatable bonds is 8. The summed E-state index contributed by atoms with van der Waals surface area (Å²) in [4.78, 5) is 10.1. The molecule has 0 saturated heterocycles. The highest BCUT2D eigenvalue weighted by Gasteiger charge is 1.96. The monoisotopic (exact) mass is 181 g/mol. The Kier molecular flexibility index (Phi) is 6.98. The molecule has 0 aliphatic carbocycles. The van der Waals surface area contributed by atoms with E-state index in [4.69, 9.17) is 0 Å². The average molecular weight is 181 g/mol. The van der Waals surface area contributed by atoms with E-state index in [-0.39, 0.29) is 0 Å². The van der Waals surface area contributed by atoms with E-state index < -0.39 is 0 Å². The van der Waals surface area contributed by atoms with Crippen molar-refractivity contribution in [1.82, 2.24) is 5.32 Å². The molecule has 0 amide bonds. The Morgan fingerprint density at radius 3 is 2.85 bits per heavy atom. The van der Waals surface area contributed by atoms with Crippen LogP contribution in [-0.4, -0.2) is 12.8 Å². The first-order valence-corrected chi connectivity index (χ1v) is 4.68. The van der Waals surface area contributed by atoms with Crippen LogP contribution in [0.5, 0.6) is 0 Å². The van der Waals surface area contributed by atoms with E-state index in [1.807, 2.05) is 6.08 Å². The second kappa shape index (κ2) is 7.59. The zero-order chi connectivity index (χ0) is 10.1. The van der Waals surface area contributed by atoms with E-state index in [9.17, 15) is 4.79 Å². The van der Waals surface area contributed by atoms with E-state index in [0.29, 0.717) is 12.3 Å². The van der Waals surface area contributed by atoms with Crippen molar-refractivity contribution < 1.29 is 4.79 Å². The van der Waals surface area contributed by atoms with Gasteiger partial charge in [0.15, 0.2) is 0 Å². The summed E-state index contributed by atoms with van der Waals surface area (Å²) >= 11 is 0. The molecule has 0 spiro atoms. The van der Waals surface area contributed by atoms with Gasteiger partial charge < -0.3 is 10.1 Å². The van der Waals surface area contributed by atoms with Crippen LogP contribution in [0.4, 0.5) is 0 Å². The predicted molar refractivity (Wildman–Crippen MR) is 56.4 cm³/mol. The lowest BCUT2D eigenvalue weighted by atomic mass is 10.1. The number of carbonyl (C=O) groups excluding carboxylic acids is 1. The Morgan fingerprint density at radius 2 is 2.31 bits per heavy atom. The first-order chi connectivity index (χ1) is 6.20. The van der Waals surface area contributed by atoms with Crippen LogP contribution in [-0.2, 0) is 4.79 Å². The SMILES string of the molecule is C=CC(C)CCNC(=C)CCC=O. The van der Waals surface area contributed by atoms with Crippen LogP contribution in [0.25, 0.3) is 0 Å². The Morgan fingerprint density at radius 1 is 1.62 bits per heavy atom. The second-order valence-corrected chi connectivity index (χ2v) is 3.24. The lowest BCUT2D eigenvalue weighted by Gasteiger charge is -2.09. The van der Waals surface area contributed by atoms with Crippen LogP contribution in [0.3, 0.4) is 0 Å². The fourth-order valence-electron chi connectivity index (χ4n) is 0.916. The highest BCUT2D eigenvalue weighted by molar-refractivity contribution is 5.49. The van der Waals surface area contributed by atoms with Gasteiger partial charge in [-0.3, -0.25) is 0 Å². The smallest absolute Gasteiger partial charge is 0.120 e. The summed E-state index contributed by atoms with van der Waals surface area (Å²) in [7, 11) is 0. The second-order valence-electron chi connectivity index (χ2n) is 3.24. The molecule has 0 aromatic rings. The molecule has 0 rings (SSSR count). The maximum atomic E-state index is 10.1. The molecular weight excluding hydrogens is 162 g/mol. The largest absolute Gasteiger partial charge is 0.389 e. The summed E-state index contributed by atoms with van der Waals surface area (Å²) in [6.07, 6.45) is 5.22. The maximum Gasteiger partial charge on any atom is 0.120 e. The van der Waals surface area contributed by atoms with Crippen molar-refractivity contribution in [3.05, 3.63) is 24.9 Å². The molecule has 0 aromatic carbocycles. The molecule has 0 fully saturated rings. The van der Waals surface area contributed by atoms with Gasteiger partial charge in [-0.05, 0) is 18.8 Å². The molecule has 2 heteroatoms. The third-order valence-electron chi connectivity index (χ3n) is 1.94. The van der Waals surface area contributed by atoms with E-state index in [2.05, 4.69) is 25.4 Å². The van der Waals surface area contributed by atoms with Crippen LogP contribution >= 0.6 is 0 Å². The summed E-state index contributed by atoms with van der Waals surface area (Å²) in [6.45, 7) is 10.6. The van der Waals surface area contributed by atoms with Crippen LogP contribution in [0.15, 0.2) is 24.9 Å². The molecule has 0 aliphatic heterocycles. The molecular formula is C11H19NO. The quantitative estimate of drug-likeness (QED) is 0.460. The van der Waals surface area contributed by atoms with Crippen molar-refractivity contribution in [1.29, 1.82) is 0 Å². The Balaban J connectivity index is 3.36. The number of aldehydes is 1. The zero-order valence-corrected chi connectivity index (χ0v) is 8.38. The first kappa shape index (κ1) is 11.9. The summed E-state index contributed by atoms with van der Waals surface area (Å²) < 4.78 is 0. The molecule has 0 radical (unpaired) electrons. The molecule has 0 heterocycles. The highest BCUT2D eigenvalue weighted by Crippen LogP contribution is 2.02. The molecule has 0 bridgehead atoms. The molecule has 0 aromatic heterocycles. The maximum absolute atomic E-state index is 10.1. The molecule has 0 saturated carbocycles. The molecule has 1 unspecified atom stereocenters. The highest BCUT2D eigenvalue weighted by atomic mass is 16.1. The van der Waals surface area contributed by atoms with Gasteiger partial charge in [0.1, 0.15) is 6.29 Å². The van der Waals surface area contributed by atoms with Gasteiger partial charge in [-0.2, -0.15) is 0 Å². The molecule has 74 valence electrons. The molecule has 1 N–H and O–H groups in total. The van der Waals surface area contributed by atoms with Crippen molar-refractivity contribution in [2.75, 3.05) is 6.54 Å². The minimum absolute atomic E-state index is 0.534. The fourth-order valence-corrected chi connectivity index (χ4v) is 0.916. The minimum Gasteiger partial charge on any atom is -0.389 e. The van der Waals surface area contributed by atoms with Gasteiger partial charge in [0, 0.05) is 18.7 Å². The number of allylic oxidation sites excluding steroid dienone is 2. The standard InChI is InChI=1S/C11H19NO/c1-4-10(2)7-8-12-11(3)6-5-9-13/h4,9-10,12H,1,3,5-8H2,2H3. The lowest BCUT2D eigenvalue weighted by Crippen LogP contribution is -2.15. The van der Waals surface area contributed by atoms with E-state index >= 15 is 0 Å². The van der Waals surface area contributed by atoms with E-state index in [0.717, 1.165) is 31.4 Å². The van der Waals surface area contributed by atoms with Crippen molar-refractivity contribution in [3.63, 3.8) is 0 Å². The third-order valence-corrected chi connectivity index (χ3v) is 1.94. The van der Waals surface area contributed by atoms with Gasteiger partial charge in [0.2, 0.25) is 0 Å². The number of hydrogen-bond donors (Lipinski definition) is 1. The fraction of sp³-hybridized carbons (Fsp3) is 0.545. The first-order valence-electron chi connectivity index (χ1n) is 4.68. The van der Waals surface area contributed by atoms with Crippen LogP contribution in [0.1, 0.15) is 26.2 Å². The van der Waals surface area contributed by atoms with Crippen LogP contribution < -0.4 is 5.32 Å². The summed E-state index contributed by atoms with van der Waals surface area (Å²) in [5.74, 6) is 0.534. The summed E-state index contributed by atoms with van der Waals surface area (Å²) in [5.41, 5.74) is 0.948. The third kappa shape index (κ3) is 7.32. The van der Waals surface area contributed by atoms with Gasteiger partial charge in [0.25, 0.3) is 0 Å². The van der Waals surface area contributed by atoms with Crippen LogP contribution in [0, 0.1) is 5.92 Å².